The Morgan fingerprint density at radius 1 is 0.675 bits per heavy atom. The molecular formula is C34H30O6. The first kappa shape index (κ1) is 25.1. The van der Waals surface area contributed by atoms with E-state index in [2.05, 4.69) is 0 Å². The van der Waals surface area contributed by atoms with Crippen LogP contribution in [0.15, 0.2) is 71.8 Å². The summed E-state index contributed by atoms with van der Waals surface area (Å²) < 4.78 is 5.35. The monoisotopic (exact) mass is 534 g/mol. The van der Waals surface area contributed by atoms with E-state index in [-0.39, 0.29) is 36.6 Å². The second-order valence-electron chi connectivity index (χ2n) is 12.3. The van der Waals surface area contributed by atoms with Crippen LogP contribution in [-0.2, 0) is 28.7 Å². The highest BCUT2D eigenvalue weighted by molar-refractivity contribution is 6.13. The summed E-state index contributed by atoms with van der Waals surface area (Å²) >= 11 is 0. The molecule has 6 nitrogen and oxygen atoms in total. The van der Waals surface area contributed by atoms with Gasteiger partial charge in [0.05, 0.1) is 22.7 Å². The molecule has 202 valence electrons. The van der Waals surface area contributed by atoms with E-state index in [0.29, 0.717) is 12.8 Å². The van der Waals surface area contributed by atoms with Gasteiger partial charge in [-0.1, -0.05) is 60.7 Å². The lowest BCUT2D eigenvalue weighted by molar-refractivity contribution is -0.154. The Morgan fingerprint density at radius 3 is 1.85 bits per heavy atom. The summed E-state index contributed by atoms with van der Waals surface area (Å²) in [6.45, 7) is 3.62. The molecule has 2 saturated carbocycles. The number of allylic oxidation sites excluding steroid dienone is 4. The molecule has 2 aromatic rings. The Bertz CT molecular complexity index is 1560. The van der Waals surface area contributed by atoms with Crippen molar-refractivity contribution in [1.29, 1.82) is 0 Å². The predicted octanol–water partition coefficient (Wildman–Crippen LogP) is 5.17. The highest BCUT2D eigenvalue weighted by Gasteiger charge is 2.68. The maximum absolute atomic E-state index is 13.7. The number of Topliss-reactive ketones (excluding diaryl/α,β-unsaturated/α-hetero) is 3. The second kappa shape index (κ2) is 8.53. The summed E-state index contributed by atoms with van der Waals surface area (Å²) in [5, 5.41) is 0. The van der Waals surface area contributed by atoms with E-state index in [1.165, 1.54) is 0 Å². The van der Waals surface area contributed by atoms with Gasteiger partial charge in [-0.2, -0.15) is 0 Å². The number of carbonyl (C=O) groups is 5. The molecule has 6 heteroatoms. The molecule has 3 fully saturated rings. The maximum atomic E-state index is 13.7. The summed E-state index contributed by atoms with van der Waals surface area (Å²) in [6, 6.07) is 19.6. The highest BCUT2D eigenvalue weighted by atomic mass is 16.6. The van der Waals surface area contributed by atoms with Crippen LogP contribution in [0.2, 0.25) is 0 Å². The number of ether oxygens (including phenoxy) is 1. The van der Waals surface area contributed by atoms with E-state index in [4.69, 9.17) is 4.74 Å². The van der Waals surface area contributed by atoms with Crippen molar-refractivity contribution in [2.45, 2.75) is 46.0 Å². The molecule has 0 radical (unpaired) electrons. The Hall–Kier alpha value is -3.93. The number of esters is 2. The molecular weight excluding hydrogens is 504 g/mol. The zero-order valence-electron chi connectivity index (χ0n) is 22.6. The lowest BCUT2D eigenvalue weighted by Crippen LogP contribution is -2.47. The Labute approximate surface area is 232 Å². The van der Waals surface area contributed by atoms with E-state index >= 15 is 0 Å². The molecule has 0 aromatic heterocycles. The number of rotatable bonds is 4. The summed E-state index contributed by atoms with van der Waals surface area (Å²) in [6.07, 6.45) is 1.46. The van der Waals surface area contributed by atoms with E-state index in [1.54, 1.807) is 6.92 Å². The van der Waals surface area contributed by atoms with Crippen LogP contribution < -0.4 is 0 Å². The fraction of sp³-hybridized carbons (Fsp3) is 0.382. The molecule has 1 heterocycles. The first-order valence-corrected chi connectivity index (χ1v) is 14.1. The maximum Gasteiger partial charge on any atom is 0.318 e. The van der Waals surface area contributed by atoms with Gasteiger partial charge in [-0.3, -0.25) is 24.0 Å². The third kappa shape index (κ3) is 3.13. The van der Waals surface area contributed by atoms with Gasteiger partial charge in [0.2, 0.25) is 0 Å². The standard InChI is InChI=1S/C34H30O6/c1-33(22(35)15-16-23(33)36)17-20-25(18-9-5-3-6-10-18)28-26(19-11-7-4-8-12-19)21-13-14-24(37)34(21,2)30(28)29-27(20)31(38)40-32(29)39/h3-12,20,27,29-30H,13-17H2,1-2H3/t20-,27-,29-,30+,34-/m0/s1. The van der Waals surface area contributed by atoms with Crippen LogP contribution in [0.25, 0.3) is 11.1 Å². The smallest absolute Gasteiger partial charge is 0.318 e. The number of hydrogen-bond acceptors (Lipinski definition) is 6. The summed E-state index contributed by atoms with van der Waals surface area (Å²) in [5.74, 6) is -4.33. The number of benzene rings is 2. The van der Waals surface area contributed by atoms with Crippen LogP contribution in [0.3, 0.4) is 0 Å². The molecule has 1 aliphatic heterocycles. The Morgan fingerprint density at radius 2 is 1.23 bits per heavy atom. The van der Waals surface area contributed by atoms with Gasteiger partial charge in [0.25, 0.3) is 0 Å². The topological polar surface area (TPSA) is 94.6 Å². The van der Waals surface area contributed by atoms with Crippen molar-refractivity contribution in [3.63, 3.8) is 0 Å². The lowest BCUT2D eigenvalue weighted by Gasteiger charge is -2.44. The van der Waals surface area contributed by atoms with Crippen molar-refractivity contribution < 1.29 is 28.7 Å². The van der Waals surface area contributed by atoms with Crippen LogP contribution in [0.5, 0.6) is 0 Å². The number of hydrogen-bond donors (Lipinski definition) is 0. The van der Waals surface area contributed by atoms with Crippen molar-refractivity contribution in [1.82, 2.24) is 0 Å². The molecule has 4 aliphatic carbocycles. The molecule has 0 unspecified atom stereocenters. The van der Waals surface area contributed by atoms with E-state index in [1.807, 2.05) is 67.6 Å². The van der Waals surface area contributed by atoms with Crippen molar-refractivity contribution >= 4 is 40.4 Å². The minimum atomic E-state index is -1.25. The molecule has 0 amide bonds. The zero-order chi connectivity index (χ0) is 28.0. The van der Waals surface area contributed by atoms with E-state index in [0.717, 1.165) is 33.4 Å². The molecule has 7 rings (SSSR count). The first-order valence-electron chi connectivity index (χ1n) is 14.1. The normalized spacial score (nSPS) is 32.5. The largest absolute Gasteiger partial charge is 0.393 e. The SMILES string of the molecule is CC1(C[C@H]2C(c3ccccc3)=C3C(c4ccccc4)=C4CCC(=O)[C@@]4(C)[C@H]3[C@H]3C(=O)OC(=O)[C@H]32)C(=O)CCC1=O. The number of ketones is 3. The number of fused-ring (bicyclic) bond motifs is 5. The second-order valence-corrected chi connectivity index (χ2v) is 12.3. The zero-order valence-corrected chi connectivity index (χ0v) is 22.6. The molecule has 0 spiro atoms. The molecule has 40 heavy (non-hydrogen) atoms. The predicted molar refractivity (Wildman–Crippen MR) is 146 cm³/mol. The van der Waals surface area contributed by atoms with Crippen LogP contribution in [0.4, 0.5) is 0 Å². The van der Waals surface area contributed by atoms with Gasteiger partial charge in [-0.05, 0) is 60.1 Å². The highest BCUT2D eigenvalue weighted by Crippen LogP contribution is 2.69. The minimum absolute atomic E-state index is 0.0702. The molecule has 5 atom stereocenters. The van der Waals surface area contributed by atoms with Crippen LogP contribution in [0.1, 0.15) is 57.1 Å². The Kier molecular flexibility index (Phi) is 5.35. The molecule has 1 saturated heterocycles. The van der Waals surface area contributed by atoms with Gasteiger partial charge in [-0.15, -0.1) is 0 Å². The van der Waals surface area contributed by atoms with Crippen LogP contribution in [-0.4, -0.2) is 29.3 Å². The number of carbonyl (C=O) groups excluding carboxylic acids is 5. The number of cyclic esters (lactones) is 2. The van der Waals surface area contributed by atoms with Gasteiger partial charge in [0.15, 0.2) is 0 Å². The molecule has 0 N–H and O–H groups in total. The first-order chi connectivity index (χ1) is 19.2. The van der Waals surface area contributed by atoms with Crippen molar-refractivity contribution in [3.05, 3.63) is 82.9 Å². The van der Waals surface area contributed by atoms with Gasteiger partial charge in [0.1, 0.15) is 17.3 Å². The van der Waals surface area contributed by atoms with Crippen molar-refractivity contribution in [3.8, 4) is 0 Å². The average Bonchev–Trinajstić information content (AvgIpc) is 3.59. The van der Waals surface area contributed by atoms with Crippen molar-refractivity contribution in [2.75, 3.05) is 0 Å². The summed E-state index contributed by atoms with van der Waals surface area (Å²) in [5.41, 5.74) is 3.34. The fourth-order valence-electron chi connectivity index (χ4n) is 8.54. The average molecular weight is 535 g/mol. The fourth-order valence-corrected chi connectivity index (χ4v) is 8.54. The summed E-state index contributed by atoms with van der Waals surface area (Å²) in [4.78, 5) is 67.1. The van der Waals surface area contributed by atoms with Crippen LogP contribution >= 0.6 is 0 Å². The molecule has 5 aliphatic rings. The van der Waals surface area contributed by atoms with Gasteiger partial charge in [-0.25, -0.2) is 0 Å². The lowest BCUT2D eigenvalue weighted by atomic mass is 9.55. The van der Waals surface area contributed by atoms with Gasteiger partial charge in [0, 0.05) is 31.1 Å². The third-order valence-electron chi connectivity index (χ3n) is 10.5. The van der Waals surface area contributed by atoms with Crippen molar-refractivity contribution in [2.24, 2.45) is 34.5 Å². The van der Waals surface area contributed by atoms with Gasteiger partial charge >= 0.3 is 11.9 Å². The van der Waals surface area contributed by atoms with Crippen LogP contribution in [0, 0.1) is 34.5 Å². The molecule has 2 aromatic carbocycles. The van der Waals surface area contributed by atoms with E-state index < -0.39 is 46.4 Å². The summed E-state index contributed by atoms with van der Waals surface area (Å²) in [7, 11) is 0. The molecule has 0 bridgehead atoms. The minimum Gasteiger partial charge on any atom is -0.393 e. The van der Waals surface area contributed by atoms with Gasteiger partial charge < -0.3 is 4.74 Å². The van der Waals surface area contributed by atoms with E-state index in [9.17, 15) is 24.0 Å². The Balaban J connectivity index is 1.58. The third-order valence-corrected chi connectivity index (χ3v) is 10.5. The quantitative estimate of drug-likeness (QED) is 0.397.